The van der Waals surface area contributed by atoms with E-state index < -0.39 is 12.5 Å². The molecule has 0 spiro atoms. The molecule has 1 N–H and O–H groups in total. The van der Waals surface area contributed by atoms with Crippen LogP contribution in [0.15, 0.2) is 52.2 Å². The fourth-order valence-corrected chi connectivity index (χ4v) is 1.63. The number of benzene rings is 1. The number of nitrogens with zero attached hydrogens (tertiary/aromatic N) is 1. The number of nitrogens with one attached hydrogen (secondary N) is 1. The van der Waals surface area contributed by atoms with Crippen LogP contribution < -0.4 is 10.1 Å². The molecule has 0 unspecified atom stereocenters. The quantitative estimate of drug-likeness (QED) is 0.598. The van der Waals surface area contributed by atoms with Crippen LogP contribution in [-0.2, 0) is 16.2 Å². The van der Waals surface area contributed by atoms with Crippen LogP contribution in [0.4, 0.5) is 8.78 Å². The molecule has 8 heteroatoms. The normalized spacial score (nSPS) is 10.9. The standard InChI is InChI=1S/C15H14F2N2O4/c16-15(17)23-13-6-2-1-4-11(13)8-19-22-10-14(20)18-9-12-5-3-7-21-12/h1-8,15H,9-10H2,(H,18,20)/b19-8+. The first kappa shape index (κ1) is 16.5. The molecule has 2 rings (SSSR count). The van der Waals surface area contributed by atoms with Crippen LogP contribution in [0.5, 0.6) is 5.75 Å². The second-order valence-corrected chi connectivity index (χ2v) is 4.28. The average molecular weight is 324 g/mol. The second-order valence-electron chi connectivity index (χ2n) is 4.28. The highest BCUT2D eigenvalue weighted by Crippen LogP contribution is 2.18. The van der Waals surface area contributed by atoms with Gasteiger partial charge in [-0.25, -0.2) is 0 Å². The highest BCUT2D eigenvalue weighted by Gasteiger charge is 2.07. The molecule has 1 aromatic heterocycles. The Balaban J connectivity index is 1.77. The number of ether oxygens (including phenoxy) is 1. The Morgan fingerprint density at radius 2 is 2.13 bits per heavy atom. The zero-order valence-electron chi connectivity index (χ0n) is 11.9. The second kappa shape index (κ2) is 8.52. The fourth-order valence-electron chi connectivity index (χ4n) is 1.63. The SMILES string of the molecule is O=C(CO/N=C/c1ccccc1OC(F)F)NCc1ccco1. The third kappa shape index (κ3) is 5.77. The Kier molecular flexibility index (Phi) is 6.10. The van der Waals surface area contributed by atoms with Gasteiger partial charge in [0.2, 0.25) is 0 Å². The highest BCUT2D eigenvalue weighted by atomic mass is 19.3. The molecule has 122 valence electrons. The van der Waals surface area contributed by atoms with Crippen LogP contribution in [0.3, 0.4) is 0 Å². The maximum atomic E-state index is 12.2. The smallest absolute Gasteiger partial charge is 0.387 e. The van der Waals surface area contributed by atoms with E-state index in [0.29, 0.717) is 11.3 Å². The van der Waals surface area contributed by atoms with Gasteiger partial charge in [0, 0.05) is 5.56 Å². The lowest BCUT2D eigenvalue weighted by atomic mass is 10.2. The first-order valence-corrected chi connectivity index (χ1v) is 6.63. The van der Waals surface area contributed by atoms with E-state index in [0.717, 1.165) is 0 Å². The number of furan rings is 1. The predicted octanol–water partition coefficient (Wildman–Crippen LogP) is 2.55. The summed E-state index contributed by atoms with van der Waals surface area (Å²) < 4.78 is 33.9. The maximum absolute atomic E-state index is 12.2. The Hall–Kier alpha value is -2.90. The van der Waals surface area contributed by atoms with E-state index in [1.54, 1.807) is 24.3 Å². The Bertz CT molecular complexity index is 645. The summed E-state index contributed by atoms with van der Waals surface area (Å²) in [6, 6.07) is 9.53. The van der Waals surface area contributed by atoms with Crippen LogP contribution in [0.25, 0.3) is 0 Å². The van der Waals surface area contributed by atoms with Gasteiger partial charge < -0.3 is 19.3 Å². The number of hydrogen-bond donors (Lipinski definition) is 1. The van der Waals surface area contributed by atoms with Crippen molar-refractivity contribution in [2.45, 2.75) is 13.2 Å². The summed E-state index contributed by atoms with van der Waals surface area (Å²) in [6.45, 7) is -3.00. The highest BCUT2D eigenvalue weighted by molar-refractivity contribution is 5.83. The number of alkyl halides is 2. The molecule has 0 fully saturated rings. The molecule has 0 atom stereocenters. The van der Waals surface area contributed by atoms with Gasteiger partial charge in [-0.1, -0.05) is 17.3 Å². The van der Waals surface area contributed by atoms with Gasteiger partial charge in [-0.2, -0.15) is 8.78 Å². The van der Waals surface area contributed by atoms with Crippen LogP contribution >= 0.6 is 0 Å². The van der Waals surface area contributed by atoms with E-state index in [2.05, 4.69) is 15.2 Å². The Morgan fingerprint density at radius 1 is 1.30 bits per heavy atom. The average Bonchev–Trinajstić information content (AvgIpc) is 3.04. The molecule has 0 radical (unpaired) electrons. The number of oxime groups is 1. The van der Waals surface area contributed by atoms with E-state index in [4.69, 9.17) is 9.25 Å². The summed E-state index contributed by atoms with van der Waals surface area (Å²) in [5, 5.41) is 6.13. The van der Waals surface area contributed by atoms with E-state index in [-0.39, 0.29) is 18.9 Å². The monoisotopic (exact) mass is 324 g/mol. The number of amides is 1. The number of rotatable bonds is 8. The molecule has 23 heavy (non-hydrogen) atoms. The van der Waals surface area contributed by atoms with Crippen LogP contribution in [0.1, 0.15) is 11.3 Å². The summed E-state index contributed by atoms with van der Waals surface area (Å²) in [6.07, 6.45) is 2.69. The minimum atomic E-state index is -2.93. The van der Waals surface area contributed by atoms with Crippen molar-refractivity contribution >= 4 is 12.1 Å². The van der Waals surface area contributed by atoms with E-state index in [1.807, 2.05) is 0 Å². The van der Waals surface area contributed by atoms with Crippen molar-refractivity contribution in [3.8, 4) is 5.75 Å². The van der Waals surface area contributed by atoms with Crippen molar-refractivity contribution in [3.05, 3.63) is 54.0 Å². The van der Waals surface area contributed by atoms with Crippen molar-refractivity contribution in [2.24, 2.45) is 5.16 Å². The van der Waals surface area contributed by atoms with Crippen LogP contribution in [-0.4, -0.2) is 25.3 Å². The molecular weight excluding hydrogens is 310 g/mol. The van der Waals surface area contributed by atoms with Crippen LogP contribution in [0.2, 0.25) is 0 Å². The lowest BCUT2D eigenvalue weighted by Crippen LogP contribution is -2.26. The maximum Gasteiger partial charge on any atom is 0.387 e. The summed E-state index contributed by atoms with van der Waals surface area (Å²) in [4.78, 5) is 16.3. The molecule has 2 aromatic rings. The van der Waals surface area contributed by atoms with Crippen molar-refractivity contribution in [1.82, 2.24) is 5.32 Å². The molecule has 1 heterocycles. The third-order valence-electron chi connectivity index (χ3n) is 2.64. The minimum absolute atomic E-state index is 0.0304. The number of carbonyl (C=O) groups is 1. The first-order valence-electron chi connectivity index (χ1n) is 6.63. The van der Waals surface area contributed by atoms with Gasteiger partial charge in [0.15, 0.2) is 6.61 Å². The summed E-state index contributed by atoms with van der Waals surface area (Å²) in [7, 11) is 0. The predicted molar refractivity (Wildman–Crippen MR) is 77.2 cm³/mol. The number of carbonyl (C=O) groups excluding carboxylic acids is 1. The third-order valence-corrected chi connectivity index (χ3v) is 2.64. The van der Waals surface area contributed by atoms with E-state index >= 15 is 0 Å². The number of halogens is 2. The zero-order valence-corrected chi connectivity index (χ0v) is 11.9. The van der Waals surface area contributed by atoms with Crippen molar-refractivity contribution in [2.75, 3.05) is 6.61 Å². The molecule has 1 amide bonds. The lowest BCUT2D eigenvalue weighted by Gasteiger charge is -2.06. The zero-order chi connectivity index (χ0) is 16.5. The molecule has 6 nitrogen and oxygen atoms in total. The molecule has 0 aliphatic heterocycles. The first-order chi connectivity index (χ1) is 11.1. The van der Waals surface area contributed by atoms with E-state index in [9.17, 15) is 13.6 Å². The number of para-hydroxylation sites is 1. The van der Waals surface area contributed by atoms with Gasteiger partial charge in [0.1, 0.15) is 11.5 Å². The lowest BCUT2D eigenvalue weighted by molar-refractivity contribution is -0.125. The van der Waals surface area contributed by atoms with Crippen molar-refractivity contribution in [1.29, 1.82) is 0 Å². The molecule has 0 aliphatic rings. The van der Waals surface area contributed by atoms with Crippen LogP contribution in [0, 0.1) is 0 Å². The minimum Gasteiger partial charge on any atom is -0.467 e. The topological polar surface area (TPSA) is 73.1 Å². The molecular formula is C15H14F2N2O4. The Morgan fingerprint density at radius 3 is 2.87 bits per heavy atom. The number of hydrogen-bond acceptors (Lipinski definition) is 5. The van der Waals surface area contributed by atoms with Gasteiger partial charge in [-0.05, 0) is 24.3 Å². The Labute approximate surface area is 130 Å². The summed E-state index contributed by atoms with van der Waals surface area (Å²) in [5.41, 5.74) is 0.309. The van der Waals surface area contributed by atoms with Crippen molar-refractivity contribution in [3.63, 3.8) is 0 Å². The molecule has 0 bridgehead atoms. The molecule has 0 aliphatic carbocycles. The molecule has 0 saturated heterocycles. The van der Waals surface area contributed by atoms with Crippen molar-refractivity contribution < 1.29 is 27.6 Å². The fraction of sp³-hybridized carbons (Fsp3) is 0.200. The summed E-state index contributed by atoms with van der Waals surface area (Å²) >= 11 is 0. The summed E-state index contributed by atoms with van der Waals surface area (Å²) in [5.74, 6) is 0.188. The van der Waals surface area contributed by atoms with Gasteiger partial charge in [0.05, 0.1) is 19.0 Å². The van der Waals surface area contributed by atoms with Gasteiger partial charge in [-0.15, -0.1) is 0 Å². The largest absolute Gasteiger partial charge is 0.467 e. The molecule has 0 saturated carbocycles. The van der Waals surface area contributed by atoms with Gasteiger partial charge in [-0.3, -0.25) is 4.79 Å². The van der Waals surface area contributed by atoms with Gasteiger partial charge in [0.25, 0.3) is 5.91 Å². The molecule has 1 aromatic carbocycles. The van der Waals surface area contributed by atoms with E-state index in [1.165, 1.54) is 24.6 Å². The van der Waals surface area contributed by atoms with Gasteiger partial charge >= 0.3 is 6.61 Å².